The van der Waals surface area contributed by atoms with Crippen molar-refractivity contribution in [2.24, 2.45) is 0 Å². The second kappa shape index (κ2) is 5.19. The lowest BCUT2D eigenvalue weighted by Gasteiger charge is -2.04. The molecule has 0 radical (unpaired) electrons. The summed E-state index contributed by atoms with van der Waals surface area (Å²) in [4.78, 5) is 21.3. The van der Waals surface area contributed by atoms with E-state index in [1.165, 1.54) is 14.8 Å². The largest absolute Gasteiger partial charge is 0.469 e. The van der Waals surface area contributed by atoms with Crippen LogP contribution < -0.4 is 5.32 Å². The van der Waals surface area contributed by atoms with Crippen molar-refractivity contribution in [2.75, 3.05) is 5.32 Å². The molecule has 0 aliphatic rings. The zero-order valence-corrected chi connectivity index (χ0v) is 8.74. The maximum atomic E-state index is 10.7. The number of benzene rings is 1. The van der Waals surface area contributed by atoms with Crippen molar-refractivity contribution in [1.29, 1.82) is 0 Å². The predicted octanol–water partition coefficient (Wildman–Crippen LogP) is 0.915. The molecule has 0 fully saturated rings. The predicted molar refractivity (Wildman–Crippen MR) is 59.5 cm³/mol. The lowest BCUT2D eigenvalue weighted by Crippen LogP contribution is -2.06. The van der Waals surface area contributed by atoms with Crippen molar-refractivity contribution in [3.63, 3.8) is 0 Å². The molecule has 5 heteroatoms. The molecule has 0 atom stereocenters. The quantitative estimate of drug-likeness (QED) is 0.746. The van der Waals surface area contributed by atoms with Crippen LogP contribution in [0.5, 0.6) is 0 Å². The first-order valence-electron chi connectivity index (χ1n) is 4.58. The molecule has 78 valence electrons. The molecule has 4 nitrogen and oxygen atoms in total. The van der Waals surface area contributed by atoms with Crippen LogP contribution in [-0.2, 0) is 16.1 Å². The van der Waals surface area contributed by atoms with Gasteiger partial charge in [-0.25, -0.2) is 0 Å². The Morgan fingerprint density at radius 2 is 1.93 bits per heavy atom. The monoisotopic (exact) mass is 205 g/mol. The van der Waals surface area contributed by atoms with Gasteiger partial charge in [-0.2, -0.15) is 0 Å². The Balaban J connectivity index is 2.56. The first-order valence-corrected chi connectivity index (χ1v) is 4.58. The zero-order chi connectivity index (χ0) is 11.3. The van der Waals surface area contributed by atoms with Gasteiger partial charge in [0, 0.05) is 12.6 Å². The third-order valence-corrected chi connectivity index (χ3v) is 1.72. The molecule has 0 heterocycles. The van der Waals surface area contributed by atoms with Gasteiger partial charge >= 0.3 is 0 Å². The number of carbonyl (C=O) groups is 2. The van der Waals surface area contributed by atoms with Crippen LogP contribution in [0.2, 0.25) is 0 Å². The van der Waals surface area contributed by atoms with Gasteiger partial charge in [0.05, 0.1) is 0 Å². The summed E-state index contributed by atoms with van der Waals surface area (Å²) >= 11 is 0. The maximum absolute atomic E-state index is 10.7. The normalized spacial score (nSPS) is 9.40. The van der Waals surface area contributed by atoms with Crippen LogP contribution >= 0.6 is 0 Å². The summed E-state index contributed by atoms with van der Waals surface area (Å²) in [6, 6.07) is 7.13. The van der Waals surface area contributed by atoms with Crippen molar-refractivity contribution < 1.29 is 14.3 Å². The Morgan fingerprint density at radius 1 is 1.33 bits per heavy atom. The molecule has 0 unspecified atom stereocenters. The summed E-state index contributed by atoms with van der Waals surface area (Å²) in [7, 11) is 1.37. The van der Waals surface area contributed by atoms with Gasteiger partial charge in [0.25, 0.3) is 0 Å². The van der Waals surface area contributed by atoms with Crippen LogP contribution in [-0.4, -0.2) is 19.6 Å². The van der Waals surface area contributed by atoms with Crippen LogP contribution in [0.15, 0.2) is 24.3 Å². The molecule has 0 saturated carbocycles. The maximum Gasteiger partial charge on any atom is 0.243 e. The summed E-state index contributed by atoms with van der Waals surface area (Å²) in [5.41, 5.74) is 1.62. The van der Waals surface area contributed by atoms with Gasteiger partial charge in [-0.15, -0.1) is 0 Å². The summed E-state index contributed by atoms with van der Waals surface area (Å²) < 4.78 is 4.82. The van der Waals surface area contributed by atoms with E-state index in [0.29, 0.717) is 0 Å². The molecule has 0 spiro atoms. The summed E-state index contributed by atoms with van der Waals surface area (Å²) in [5, 5.41) is 2.65. The second-order valence-electron chi connectivity index (χ2n) is 3.16. The van der Waals surface area contributed by atoms with Crippen LogP contribution in [0.25, 0.3) is 0 Å². The van der Waals surface area contributed by atoms with E-state index >= 15 is 0 Å². The lowest BCUT2D eigenvalue weighted by molar-refractivity contribution is -0.114. The molecular formula is C10H12BNO3. The number of amides is 1. The van der Waals surface area contributed by atoms with Crippen molar-refractivity contribution in [2.45, 2.75) is 13.5 Å². The van der Waals surface area contributed by atoms with E-state index < -0.39 is 0 Å². The average molecular weight is 205 g/mol. The Bertz CT molecular complexity index is 361. The Kier molecular flexibility index (Phi) is 3.91. The Labute approximate surface area is 89.0 Å². The fourth-order valence-corrected chi connectivity index (χ4v) is 1.07. The average Bonchev–Trinajstić information content (AvgIpc) is 2.16. The third-order valence-electron chi connectivity index (χ3n) is 1.72. The van der Waals surface area contributed by atoms with Gasteiger partial charge in [0.2, 0.25) is 19.6 Å². The number of hydrogen-bond donors (Lipinski definition) is 1. The van der Waals surface area contributed by atoms with Crippen molar-refractivity contribution in [3.05, 3.63) is 29.8 Å². The van der Waals surface area contributed by atoms with Crippen LogP contribution in [0.1, 0.15) is 12.5 Å². The number of carbonyl (C=O) groups excluding carboxylic acids is 2. The molecule has 0 aromatic heterocycles. The van der Waals surface area contributed by atoms with Crippen LogP contribution in [0.4, 0.5) is 10.5 Å². The highest BCUT2D eigenvalue weighted by Gasteiger charge is 1.98. The third kappa shape index (κ3) is 4.31. The van der Waals surface area contributed by atoms with Gasteiger partial charge in [-0.1, -0.05) is 12.1 Å². The Hall–Kier alpha value is -1.78. The number of hydrogen-bond acceptors (Lipinski definition) is 3. The molecule has 0 bridgehead atoms. The fourth-order valence-electron chi connectivity index (χ4n) is 1.07. The molecule has 0 saturated heterocycles. The molecule has 1 rings (SSSR count). The number of anilines is 1. The van der Waals surface area contributed by atoms with E-state index in [1.807, 2.05) is 0 Å². The number of rotatable bonds is 3. The number of ether oxygens (including phenoxy) is 1. The van der Waals surface area contributed by atoms with E-state index in [1.54, 1.807) is 24.3 Å². The van der Waals surface area contributed by atoms with E-state index in [9.17, 15) is 9.59 Å². The summed E-state index contributed by atoms with van der Waals surface area (Å²) in [6.45, 7) is 1.71. The topological polar surface area (TPSA) is 55.4 Å². The molecule has 1 aromatic rings. The van der Waals surface area contributed by atoms with Crippen molar-refractivity contribution in [3.8, 4) is 0 Å². The van der Waals surface area contributed by atoms with E-state index in [2.05, 4.69) is 5.32 Å². The zero-order valence-electron chi connectivity index (χ0n) is 8.74. The fraction of sp³-hybridized carbons (Fsp3) is 0.200. The van der Waals surface area contributed by atoms with Crippen LogP contribution in [0.3, 0.4) is 0 Å². The van der Waals surface area contributed by atoms with E-state index in [0.717, 1.165) is 11.3 Å². The Morgan fingerprint density at radius 3 is 2.40 bits per heavy atom. The molecule has 15 heavy (non-hydrogen) atoms. The van der Waals surface area contributed by atoms with Crippen molar-refractivity contribution >= 4 is 25.3 Å². The summed E-state index contributed by atoms with van der Waals surface area (Å²) in [6.07, 6.45) is 0. The minimum Gasteiger partial charge on any atom is -0.469 e. The van der Waals surface area contributed by atoms with E-state index in [-0.39, 0.29) is 18.4 Å². The molecule has 1 N–H and O–H groups in total. The molecule has 1 amide bonds. The minimum atomic E-state index is -0.305. The highest BCUT2D eigenvalue weighted by molar-refractivity contribution is 6.55. The minimum absolute atomic E-state index is 0.109. The second-order valence-corrected chi connectivity index (χ2v) is 3.16. The van der Waals surface area contributed by atoms with Gasteiger partial charge in [0.15, 0.2) is 0 Å². The highest BCUT2D eigenvalue weighted by atomic mass is 16.5. The van der Waals surface area contributed by atoms with Gasteiger partial charge in [-0.3, -0.25) is 9.59 Å². The molecule has 0 aliphatic heterocycles. The summed E-state index contributed by atoms with van der Waals surface area (Å²) in [5.74, 6) is -0.413. The van der Waals surface area contributed by atoms with Crippen molar-refractivity contribution in [1.82, 2.24) is 0 Å². The smallest absolute Gasteiger partial charge is 0.243 e. The lowest BCUT2D eigenvalue weighted by atomic mass is 10.2. The van der Waals surface area contributed by atoms with Gasteiger partial charge in [0.1, 0.15) is 6.61 Å². The highest BCUT2D eigenvalue weighted by Crippen LogP contribution is 2.10. The van der Waals surface area contributed by atoms with Gasteiger partial charge in [-0.05, 0) is 17.7 Å². The molecular weight excluding hydrogens is 193 g/mol. The number of nitrogens with one attached hydrogen (secondary N) is 1. The SMILES string of the molecule is BC(=O)OCc1ccc(NC(C)=O)cc1. The van der Waals surface area contributed by atoms with Gasteiger partial charge < -0.3 is 10.1 Å². The van der Waals surface area contributed by atoms with E-state index in [4.69, 9.17) is 4.74 Å². The molecule has 0 aliphatic carbocycles. The molecule has 1 aromatic carbocycles. The first-order chi connectivity index (χ1) is 7.08. The van der Waals surface area contributed by atoms with Crippen LogP contribution in [0, 0.1) is 0 Å². The first kappa shape index (κ1) is 11.3. The standard InChI is InChI=1S/C10H12BNO3/c1-7(13)12-9-4-2-8(3-5-9)6-15-10(11)14/h2-5H,6,11H2,1H3,(H,12,13).